The lowest BCUT2D eigenvalue weighted by Crippen LogP contribution is -2.29. The predicted molar refractivity (Wildman–Crippen MR) is 91.4 cm³/mol. The van der Waals surface area contributed by atoms with Gasteiger partial charge in [-0.2, -0.15) is 0 Å². The minimum Gasteiger partial charge on any atom is -0.546 e. The van der Waals surface area contributed by atoms with Crippen molar-refractivity contribution < 1.29 is 24.2 Å². The molecular weight excluding hydrogens is 346 g/mol. The van der Waals surface area contributed by atoms with Crippen LogP contribution in [-0.4, -0.2) is 25.6 Å². The number of nitrogens with one attached hydrogen (secondary N) is 1. The molecule has 1 aliphatic heterocycles. The highest BCUT2D eigenvalue weighted by molar-refractivity contribution is 6.36. The van der Waals surface area contributed by atoms with E-state index in [9.17, 15) is 14.7 Å². The number of carboxylic acid groups (broad SMARTS) is 1. The molecule has 0 spiro atoms. The Hall–Kier alpha value is -2.99. The number of aliphatic carboxylic acids is 1. The van der Waals surface area contributed by atoms with Crippen molar-refractivity contribution in [2.24, 2.45) is 0 Å². The fourth-order valence-corrected chi connectivity index (χ4v) is 2.67. The second kappa shape index (κ2) is 6.86. The Kier molecular flexibility index (Phi) is 4.63. The number of carbonyl (C=O) groups is 2. The van der Waals surface area contributed by atoms with E-state index in [0.717, 1.165) is 0 Å². The average molecular weight is 359 g/mol. The lowest BCUT2D eigenvalue weighted by atomic mass is 10.0. The Bertz CT molecular complexity index is 891. The number of anilines is 1. The maximum absolute atomic E-state index is 12.2. The smallest absolute Gasteiger partial charge is 0.256 e. The second-order valence-electron chi connectivity index (χ2n) is 5.27. The monoisotopic (exact) mass is 358 g/mol. The second-order valence-corrected chi connectivity index (χ2v) is 5.71. The molecule has 0 saturated carbocycles. The molecule has 1 aliphatic rings. The first-order valence-electron chi connectivity index (χ1n) is 7.31. The summed E-state index contributed by atoms with van der Waals surface area (Å²) >= 11 is 6.01. The number of hydrogen-bond donors (Lipinski definition) is 1. The largest absolute Gasteiger partial charge is 0.546 e. The van der Waals surface area contributed by atoms with Crippen LogP contribution in [0.1, 0.15) is 11.1 Å². The topological polar surface area (TPSA) is 87.7 Å². The predicted octanol–water partition coefficient (Wildman–Crippen LogP) is 1.97. The third-order valence-corrected chi connectivity index (χ3v) is 3.84. The van der Waals surface area contributed by atoms with Crippen LogP contribution in [0, 0.1) is 0 Å². The first-order chi connectivity index (χ1) is 12.0. The molecule has 0 bridgehead atoms. The molecule has 0 radical (unpaired) electrons. The molecule has 1 N–H and O–H groups in total. The summed E-state index contributed by atoms with van der Waals surface area (Å²) in [6.07, 6.45) is 1.70. The molecule has 2 aromatic rings. The van der Waals surface area contributed by atoms with Crippen LogP contribution in [0.3, 0.4) is 0 Å². The number of carbonyl (C=O) groups excluding carboxylic acids is 2. The van der Waals surface area contributed by atoms with E-state index >= 15 is 0 Å². The highest BCUT2D eigenvalue weighted by Gasteiger charge is 2.24. The van der Waals surface area contributed by atoms with Gasteiger partial charge in [0.1, 0.15) is 6.61 Å². The number of methoxy groups -OCH3 is 1. The molecule has 128 valence electrons. The van der Waals surface area contributed by atoms with Gasteiger partial charge >= 0.3 is 0 Å². The summed E-state index contributed by atoms with van der Waals surface area (Å²) in [6, 6.07) is 10.1. The van der Waals surface area contributed by atoms with Gasteiger partial charge in [0.05, 0.1) is 13.1 Å². The van der Waals surface area contributed by atoms with E-state index in [1.54, 1.807) is 42.5 Å². The number of rotatable bonds is 5. The molecule has 0 unspecified atom stereocenters. The van der Waals surface area contributed by atoms with Crippen LogP contribution >= 0.6 is 11.6 Å². The average Bonchev–Trinajstić information content (AvgIpc) is 2.88. The Morgan fingerprint density at radius 1 is 1.24 bits per heavy atom. The van der Waals surface area contributed by atoms with Gasteiger partial charge < -0.3 is 24.7 Å². The quantitative estimate of drug-likeness (QED) is 0.826. The summed E-state index contributed by atoms with van der Waals surface area (Å²) in [5.41, 5.74) is 2.58. The number of hydrogen-bond acceptors (Lipinski definition) is 5. The molecular formula is C18H13ClNO5-. The van der Waals surface area contributed by atoms with Gasteiger partial charge in [-0.1, -0.05) is 17.7 Å². The number of carboxylic acids is 1. The standard InChI is InChI=1S/C18H14ClNO5/c1-24-16-7-10(2-5-15(16)25-9-17(21)22)6-13-12-8-11(19)3-4-14(12)20-18(13)23/h2-8H,9H2,1H3,(H,20,23)(H,21,22)/p-1/b13-6+. The summed E-state index contributed by atoms with van der Waals surface area (Å²) in [5.74, 6) is -0.939. The molecule has 3 rings (SSSR count). The van der Waals surface area contributed by atoms with Gasteiger partial charge in [0.15, 0.2) is 11.5 Å². The van der Waals surface area contributed by atoms with Gasteiger partial charge in [-0.15, -0.1) is 0 Å². The molecule has 2 aromatic carbocycles. The van der Waals surface area contributed by atoms with Crippen molar-refractivity contribution in [2.75, 3.05) is 19.0 Å². The number of fused-ring (bicyclic) bond motifs is 1. The SMILES string of the molecule is COc1cc(/C=C2/C(=O)Nc3ccc(Cl)cc32)ccc1OCC(=O)[O-]. The van der Waals surface area contributed by atoms with Crippen molar-refractivity contribution in [1.29, 1.82) is 0 Å². The van der Waals surface area contributed by atoms with Crippen molar-refractivity contribution in [1.82, 2.24) is 0 Å². The van der Waals surface area contributed by atoms with Crippen LogP contribution in [0.25, 0.3) is 11.6 Å². The van der Waals surface area contributed by atoms with E-state index in [4.69, 9.17) is 21.1 Å². The van der Waals surface area contributed by atoms with Gasteiger partial charge in [0.2, 0.25) is 0 Å². The molecule has 25 heavy (non-hydrogen) atoms. The zero-order valence-corrected chi connectivity index (χ0v) is 13.9. The van der Waals surface area contributed by atoms with E-state index in [-0.39, 0.29) is 11.7 Å². The van der Waals surface area contributed by atoms with E-state index < -0.39 is 12.6 Å². The van der Waals surface area contributed by atoms with Crippen molar-refractivity contribution >= 4 is 40.8 Å². The molecule has 6 nitrogen and oxygen atoms in total. The van der Waals surface area contributed by atoms with E-state index in [0.29, 0.717) is 33.2 Å². The maximum Gasteiger partial charge on any atom is 0.256 e. The molecule has 0 saturated heterocycles. The molecule has 1 heterocycles. The van der Waals surface area contributed by atoms with Gasteiger partial charge in [0.25, 0.3) is 5.91 Å². The third kappa shape index (κ3) is 3.59. The van der Waals surface area contributed by atoms with Crippen LogP contribution in [0.4, 0.5) is 5.69 Å². The van der Waals surface area contributed by atoms with E-state index in [1.807, 2.05) is 0 Å². The van der Waals surface area contributed by atoms with Gasteiger partial charge in [-0.05, 0) is 42.0 Å². The lowest BCUT2D eigenvalue weighted by Gasteiger charge is -2.11. The fraction of sp³-hybridized carbons (Fsp3) is 0.111. The number of benzene rings is 2. The van der Waals surface area contributed by atoms with Crippen LogP contribution in [0.15, 0.2) is 36.4 Å². The zero-order valence-electron chi connectivity index (χ0n) is 13.2. The lowest BCUT2D eigenvalue weighted by molar-refractivity contribution is -0.307. The summed E-state index contributed by atoms with van der Waals surface area (Å²) in [4.78, 5) is 22.7. The number of amides is 1. The number of ether oxygens (including phenoxy) is 2. The fourth-order valence-electron chi connectivity index (χ4n) is 2.50. The summed E-state index contributed by atoms with van der Waals surface area (Å²) < 4.78 is 10.3. The zero-order chi connectivity index (χ0) is 18.0. The van der Waals surface area contributed by atoms with E-state index in [1.165, 1.54) is 7.11 Å². The molecule has 7 heteroatoms. The highest BCUT2D eigenvalue weighted by Crippen LogP contribution is 2.36. The molecule has 1 amide bonds. The van der Waals surface area contributed by atoms with Gasteiger partial charge in [-0.25, -0.2) is 0 Å². The Balaban J connectivity index is 1.95. The normalized spacial score (nSPS) is 14.2. The molecule has 0 fully saturated rings. The summed E-state index contributed by atoms with van der Waals surface area (Å²) in [7, 11) is 1.44. The molecule has 0 aliphatic carbocycles. The van der Waals surface area contributed by atoms with Crippen molar-refractivity contribution in [2.45, 2.75) is 0 Å². The Morgan fingerprint density at radius 3 is 2.76 bits per heavy atom. The Morgan fingerprint density at radius 2 is 2.04 bits per heavy atom. The van der Waals surface area contributed by atoms with Crippen LogP contribution in [0.2, 0.25) is 5.02 Å². The van der Waals surface area contributed by atoms with Crippen molar-refractivity contribution in [3.8, 4) is 11.5 Å². The summed E-state index contributed by atoms with van der Waals surface area (Å²) in [5, 5.41) is 13.8. The van der Waals surface area contributed by atoms with Crippen molar-refractivity contribution in [3.63, 3.8) is 0 Å². The molecule has 0 atom stereocenters. The minimum absolute atomic E-state index is 0.228. The van der Waals surface area contributed by atoms with E-state index in [2.05, 4.69) is 5.32 Å². The highest BCUT2D eigenvalue weighted by atomic mass is 35.5. The first kappa shape index (κ1) is 16.9. The van der Waals surface area contributed by atoms with Crippen LogP contribution in [0.5, 0.6) is 11.5 Å². The number of halogens is 1. The van der Waals surface area contributed by atoms with Crippen LogP contribution in [-0.2, 0) is 9.59 Å². The van der Waals surface area contributed by atoms with Crippen molar-refractivity contribution in [3.05, 3.63) is 52.5 Å². The summed E-state index contributed by atoms with van der Waals surface area (Å²) in [6.45, 7) is -0.578. The first-order valence-corrected chi connectivity index (χ1v) is 7.69. The maximum atomic E-state index is 12.2. The third-order valence-electron chi connectivity index (χ3n) is 3.61. The van der Waals surface area contributed by atoms with Gasteiger partial charge in [0, 0.05) is 21.8 Å². The van der Waals surface area contributed by atoms with Gasteiger partial charge in [-0.3, -0.25) is 4.79 Å². The minimum atomic E-state index is -1.33. The Labute approximate surface area is 148 Å². The molecule has 0 aromatic heterocycles. The van der Waals surface area contributed by atoms with Crippen LogP contribution < -0.4 is 19.9 Å².